The van der Waals surface area contributed by atoms with E-state index in [2.05, 4.69) is 30.9 Å². The van der Waals surface area contributed by atoms with Gasteiger partial charge >= 0.3 is 0 Å². The number of nitrogens with one attached hydrogen (secondary N) is 3. The van der Waals surface area contributed by atoms with Crippen LogP contribution in [0.25, 0.3) is 0 Å². The minimum absolute atomic E-state index is 0.0380. The molecule has 0 spiro atoms. The van der Waals surface area contributed by atoms with Gasteiger partial charge in [-0.2, -0.15) is 0 Å². The number of amides is 3. The van der Waals surface area contributed by atoms with Gasteiger partial charge in [-0.25, -0.2) is 15.0 Å². The Morgan fingerprint density at radius 3 is 2.43 bits per heavy atom. The second-order valence-corrected chi connectivity index (χ2v) is 6.52. The number of carbonyl (C=O) groups is 3. The standard InChI is InChI=1S/C18H16N6O3S/c1-11(25)21-12-4-2-5-13(8-12)22-15(26)9-14-10-28-18(23-14)24-17(27)16-19-6-3-7-20-16/h2-8,10H,9H2,1H3,(H,21,25)(H,22,26)(H,23,24,27). The molecule has 142 valence electrons. The van der Waals surface area contributed by atoms with Gasteiger partial charge in [0.25, 0.3) is 5.91 Å². The second kappa shape index (κ2) is 8.82. The van der Waals surface area contributed by atoms with Crippen LogP contribution in [0.2, 0.25) is 0 Å². The lowest BCUT2D eigenvalue weighted by Crippen LogP contribution is -2.16. The summed E-state index contributed by atoms with van der Waals surface area (Å²) >= 11 is 1.20. The summed E-state index contributed by atoms with van der Waals surface area (Å²) in [5.74, 6) is -0.896. The average molecular weight is 396 g/mol. The maximum absolute atomic E-state index is 12.2. The first kappa shape index (κ1) is 19.1. The third-order valence-electron chi connectivity index (χ3n) is 3.35. The Bertz CT molecular complexity index is 1010. The van der Waals surface area contributed by atoms with Crippen molar-refractivity contribution in [3.63, 3.8) is 0 Å². The number of anilines is 3. The van der Waals surface area contributed by atoms with Gasteiger partial charge in [-0.3, -0.25) is 19.7 Å². The third kappa shape index (κ3) is 5.42. The third-order valence-corrected chi connectivity index (χ3v) is 4.16. The van der Waals surface area contributed by atoms with Crippen LogP contribution >= 0.6 is 11.3 Å². The Morgan fingerprint density at radius 2 is 1.71 bits per heavy atom. The zero-order valence-electron chi connectivity index (χ0n) is 14.8. The van der Waals surface area contributed by atoms with E-state index in [0.717, 1.165) is 0 Å². The van der Waals surface area contributed by atoms with Crippen LogP contribution in [0.15, 0.2) is 48.1 Å². The summed E-state index contributed by atoms with van der Waals surface area (Å²) in [7, 11) is 0. The monoisotopic (exact) mass is 396 g/mol. The largest absolute Gasteiger partial charge is 0.326 e. The van der Waals surface area contributed by atoms with E-state index >= 15 is 0 Å². The molecule has 0 bridgehead atoms. The molecule has 0 radical (unpaired) electrons. The summed E-state index contributed by atoms with van der Waals surface area (Å²) in [6.07, 6.45) is 2.99. The Morgan fingerprint density at radius 1 is 1.00 bits per heavy atom. The van der Waals surface area contributed by atoms with E-state index in [4.69, 9.17) is 0 Å². The lowest BCUT2D eigenvalue weighted by atomic mass is 10.2. The van der Waals surface area contributed by atoms with E-state index in [1.54, 1.807) is 35.7 Å². The molecular weight excluding hydrogens is 380 g/mol. The van der Waals surface area contributed by atoms with Crippen LogP contribution in [-0.2, 0) is 16.0 Å². The molecule has 0 fully saturated rings. The van der Waals surface area contributed by atoms with Gasteiger partial charge < -0.3 is 10.6 Å². The number of carbonyl (C=O) groups excluding carboxylic acids is 3. The van der Waals surface area contributed by atoms with Crippen LogP contribution in [0.3, 0.4) is 0 Å². The smallest absolute Gasteiger partial charge is 0.295 e. The minimum atomic E-state index is -0.472. The fourth-order valence-electron chi connectivity index (χ4n) is 2.26. The van der Waals surface area contributed by atoms with Gasteiger partial charge in [-0.1, -0.05) is 6.07 Å². The van der Waals surface area contributed by atoms with Crippen LogP contribution in [0.1, 0.15) is 23.2 Å². The molecule has 2 heterocycles. The molecule has 3 N–H and O–H groups in total. The predicted octanol–water partition coefficient (Wildman–Crippen LogP) is 2.33. The lowest BCUT2D eigenvalue weighted by Gasteiger charge is -2.07. The second-order valence-electron chi connectivity index (χ2n) is 5.66. The van der Waals surface area contributed by atoms with E-state index in [1.807, 2.05) is 0 Å². The van der Waals surface area contributed by atoms with Crippen molar-refractivity contribution in [2.24, 2.45) is 0 Å². The van der Waals surface area contributed by atoms with Gasteiger partial charge in [0.15, 0.2) is 5.13 Å². The number of aromatic nitrogens is 3. The molecule has 0 aliphatic rings. The molecule has 2 aromatic heterocycles. The molecule has 0 aliphatic heterocycles. The van der Waals surface area contributed by atoms with Crippen molar-refractivity contribution in [2.45, 2.75) is 13.3 Å². The summed E-state index contributed by atoms with van der Waals surface area (Å²) in [6, 6.07) is 8.44. The quantitative estimate of drug-likeness (QED) is 0.587. The SMILES string of the molecule is CC(=O)Nc1cccc(NC(=O)Cc2csc(NC(=O)c3ncccn3)n2)c1. The maximum atomic E-state index is 12.2. The number of hydrogen-bond donors (Lipinski definition) is 3. The summed E-state index contributed by atoms with van der Waals surface area (Å²) in [6.45, 7) is 1.41. The fourth-order valence-corrected chi connectivity index (χ4v) is 2.97. The summed E-state index contributed by atoms with van der Waals surface area (Å²) in [5.41, 5.74) is 1.66. The van der Waals surface area contributed by atoms with E-state index in [9.17, 15) is 14.4 Å². The maximum Gasteiger partial charge on any atom is 0.295 e. The molecular formula is C18H16N6O3S. The average Bonchev–Trinajstić information content (AvgIpc) is 3.08. The van der Waals surface area contributed by atoms with Crippen molar-refractivity contribution < 1.29 is 14.4 Å². The zero-order chi connectivity index (χ0) is 19.9. The van der Waals surface area contributed by atoms with Gasteiger partial charge in [-0.05, 0) is 24.3 Å². The first-order valence-electron chi connectivity index (χ1n) is 8.20. The molecule has 3 aromatic rings. The number of hydrogen-bond acceptors (Lipinski definition) is 7. The van der Waals surface area contributed by atoms with Crippen molar-refractivity contribution in [3.8, 4) is 0 Å². The Hall–Kier alpha value is -3.66. The zero-order valence-corrected chi connectivity index (χ0v) is 15.6. The van der Waals surface area contributed by atoms with Gasteiger partial charge in [0.05, 0.1) is 12.1 Å². The van der Waals surface area contributed by atoms with Gasteiger partial charge in [-0.15, -0.1) is 11.3 Å². The van der Waals surface area contributed by atoms with E-state index in [1.165, 1.54) is 30.7 Å². The lowest BCUT2D eigenvalue weighted by molar-refractivity contribution is -0.116. The Labute approximate surface area is 164 Å². The highest BCUT2D eigenvalue weighted by atomic mass is 32.1. The van der Waals surface area contributed by atoms with Crippen LogP contribution in [0.4, 0.5) is 16.5 Å². The normalized spacial score (nSPS) is 10.2. The molecule has 9 nitrogen and oxygen atoms in total. The van der Waals surface area contributed by atoms with Crippen molar-refractivity contribution >= 4 is 45.6 Å². The Kier molecular flexibility index (Phi) is 6.02. The number of nitrogens with zero attached hydrogens (tertiary/aromatic N) is 3. The number of benzene rings is 1. The number of thiazole rings is 1. The molecule has 0 saturated carbocycles. The number of rotatable bonds is 6. The highest BCUT2D eigenvalue weighted by Gasteiger charge is 2.13. The molecule has 3 amide bonds. The Balaban J connectivity index is 1.57. The van der Waals surface area contributed by atoms with Crippen LogP contribution in [0.5, 0.6) is 0 Å². The fraction of sp³-hybridized carbons (Fsp3) is 0.111. The van der Waals surface area contributed by atoms with E-state index < -0.39 is 5.91 Å². The first-order valence-corrected chi connectivity index (χ1v) is 9.08. The van der Waals surface area contributed by atoms with Crippen molar-refractivity contribution in [1.29, 1.82) is 0 Å². The van der Waals surface area contributed by atoms with Gasteiger partial charge in [0, 0.05) is 36.1 Å². The highest BCUT2D eigenvalue weighted by Crippen LogP contribution is 2.18. The van der Waals surface area contributed by atoms with E-state index in [0.29, 0.717) is 22.2 Å². The molecule has 1 aromatic carbocycles. The van der Waals surface area contributed by atoms with Gasteiger partial charge in [0.2, 0.25) is 17.6 Å². The van der Waals surface area contributed by atoms with Crippen LogP contribution < -0.4 is 16.0 Å². The van der Waals surface area contributed by atoms with Gasteiger partial charge in [0.1, 0.15) is 0 Å². The minimum Gasteiger partial charge on any atom is -0.326 e. The predicted molar refractivity (Wildman–Crippen MR) is 105 cm³/mol. The van der Waals surface area contributed by atoms with Crippen LogP contribution in [0, 0.1) is 0 Å². The van der Waals surface area contributed by atoms with E-state index in [-0.39, 0.29) is 24.1 Å². The summed E-state index contributed by atoms with van der Waals surface area (Å²) in [4.78, 5) is 47.3. The molecule has 3 rings (SSSR count). The first-order chi connectivity index (χ1) is 13.5. The molecule has 0 saturated heterocycles. The molecule has 28 heavy (non-hydrogen) atoms. The van der Waals surface area contributed by atoms with Crippen molar-refractivity contribution in [2.75, 3.05) is 16.0 Å². The van der Waals surface area contributed by atoms with Crippen molar-refractivity contribution in [3.05, 3.63) is 59.6 Å². The van der Waals surface area contributed by atoms with Crippen molar-refractivity contribution in [1.82, 2.24) is 15.0 Å². The molecule has 0 aliphatic carbocycles. The topological polar surface area (TPSA) is 126 Å². The molecule has 0 atom stereocenters. The summed E-state index contributed by atoms with van der Waals surface area (Å²) in [5, 5.41) is 10.0. The molecule has 10 heteroatoms. The molecule has 0 unspecified atom stereocenters. The highest BCUT2D eigenvalue weighted by molar-refractivity contribution is 7.14. The summed E-state index contributed by atoms with van der Waals surface area (Å²) < 4.78 is 0. The van der Waals surface area contributed by atoms with Crippen LogP contribution in [-0.4, -0.2) is 32.7 Å².